The van der Waals surface area contributed by atoms with Crippen molar-refractivity contribution in [2.45, 2.75) is 65.5 Å². The van der Waals surface area contributed by atoms with Crippen LogP contribution in [0.1, 0.15) is 56.5 Å². The molecule has 1 amide bonds. The third-order valence-corrected chi connectivity index (χ3v) is 8.21. The van der Waals surface area contributed by atoms with Crippen LogP contribution in [0.15, 0.2) is 34.2 Å². The molecule has 1 aliphatic rings. The molecule has 0 unspecified atom stereocenters. The maximum absolute atomic E-state index is 13.9. The predicted octanol–water partition coefficient (Wildman–Crippen LogP) is 5.87. The number of aromatic nitrogens is 2. The molecule has 0 fully saturated rings. The molecular weight excluding hydrogens is 462 g/mol. The van der Waals surface area contributed by atoms with E-state index in [1.165, 1.54) is 28.6 Å². The van der Waals surface area contributed by atoms with Crippen LogP contribution in [0.25, 0.3) is 15.9 Å². The smallest absolute Gasteiger partial charge is 0.267 e. The second-order valence-electron chi connectivity index (χ2n) is 10.1. The summed E-state index contributed by atoms with van der Waals surface area (Å²) in [6, 6.07) is 7.97. The first-order valence-electron chi connectivity index (χ1n) is 12.3. The van der Waals surface area contributed by atoms with Gasteiger partial charge in [0.1, 0.15) is 4.83 Å². The number of thioether (sulfide) groups is 1. The minimum atomic E-state index is -0.00980. The van der Waals surface area contributed by atoms with Crippen LogP contribution in [-0.4, -0.2) is 39.2 Å². The Morgan fingerprint density at radius 1 is 1.09 bits per heavy atom. The molecule has 2 heterocycles. The largest absolute Gasteiger partial charge is 0.341 e. The standard InChI is InChI=1S/C27H35N3O2S2/c1-17(2)14-29(15-18(3)4)23(31)16-33-27-28-25-24(21-8-6-7-9-22(21)34-25)26(32)30(27)20-12-10-19(5)11-13-20/h10-13,17-18H,6-9,14-16H2,1-5H3. The lowest BCUT2D eigenvalue weighted by molar-refractivity contribution is -0.129. The Kier molecular flexibility index (Phi) is 7.83. The fourth-order valence-electron chi connectivity index (χ4n) is 4.58. The summed E-state index contributed by atoms with van der Waals surface area (Å²) in [6.07, 6.45) is 4.27. The van der Waals surface area contributed by atoms with Gasteiger partial charge in [0.25, 0.3) is 5.56 Å². The van der Waals surface area contributed by atoms with Crippen molar-refractivity contribution < 1.29 is 4.79 Å². The maximum Gasteiger partial charge on any atom is 0.267 e. The number of fused-ring (bicyclic) bond motifs is 3. The van der Waals surface area contributed by atoms with E-state index in [1.54, 1.807) is 15.9 Å². The number of thiophene rings is 1. The van der Waals surface area contributed by atoms with Crippen molar-refractivity contribution in [2.24, 2.45) is 11.8 Å². The highest BCUT2D eigenvalue weighted by Crippen LogP contribution is 2.35. The first kappa shape index (κ1) is 25.0. The van der Waals surface area contributed by atoms with Crippen LogP contribution >= 0.6 is 23.1 Å². The quantitative estimate of drug-likeness (QED) is 0.289. The van der Waals surface area contributed by atoms with Gasteiger partial charge in [-0.3, -0.25) is 14.2 Å². The average molecular weight is 498 g/mol. The van der Waals surface area contributed by atoms with E-state index in [4.69, 9.17) is 4.98 Å². The van der Waals surface area contributed by atoms with Crippen molar-refractivity contribution in [3.63, 3.8) is 0 Å². The maximum atomic E-state index is 13.9. The van der Waals surface area contributed by atoms with Gasteiger partial charge in [0.05, 0.1) is 16.8 Å². The molecule has 7 heteroatoms. The van der Waals surface area contributed by atoms with Crippen molar-refractivity contribution >= 4 is 39.2 Å². The number of benzene rings is 1. The summed E-state index contributed by atoms with van der Waals surface area (Å²) in [7, 11) is 0. The average Bonchev–Trinajstić information content (AvgIpc) is 3.16. The third kappa shape index (κ3) is 5.41. The Morgan fingerprint density at radius 3 is 2.38 bits per heavy atom. The third-order valence-electron chi connectivity index (χ3n) is 6.10. The normalized spacial score (nSPS) is 13.6. The van der Waals surface area contributed by atoms with E-state index in [0.29, 0.717) is 17.0 Å². The van der Waals surface area contributed by atoms with Gasteiger partial charge in [-0.2, -0.15) is 0 Å². The van der Waals surface area contributed by atoms with E-state index >= 15 is 0 Å². The molecular formula is C27H35N3O2S2. The van der Waals surface area contributed by atoms with Crippen LogP contribution < -0.4 is 5.56 Å². The van der Waals surface area contributed by atoms with Crippen molar-refractivity contribution in [1.29, 1.82) is 0 Å². The molecule has 182 valence electrons. The molecule has 0 radical (unpaired) electrons. The molecule has 0 atom stereocenters. The zero-order valence-corrected chi connectivity index (χ0v) is 22.5. The molecule has 34 heavy (non-hydrogen) atoms. The number of rotatable bonds is 8. The summed E-state index contributed by atoms with van der Waals surface area (Å²) in [5.74, 6) is 1.19. The van der Waals surface area contributed by atoms with Crippen LogP contribution in [0, 0.1) is 18.8 Å². The second kappa shape index (κ2) is 10.6. The number of carbonyl (C=O) groups excluding carboxylic acids is 1. The molecule has 0 saturated carbocycles. The molecule has 0 N–H and O–H groups in total. The fraction of sp³-hybridized carbons (Fsp3) is 0.519. The number of hydrogen-bond acceptors (Lipinski definition) is 5. The van der Waals surface area contributed by atoms with Crippen LogP contribution in [-0.2, 0) is 17.6 Å². The van der Waals surface area contributed by atoms with Crippen LogP contribution in [0.5, 0.6) is 0 Å². The van der Waals surface area contributed by atoms with Gasteiger partial charge in [-0.05, 0) is 62.1 Å². The van der Waals surface area contributed by atoms with Crippen molar-refractivity contribution in [1.82, 2.24) is 14.5 Å². The first-order valence-corrected chi connectivity index (χ1v) is 14.1. The number of hydrogen-bond donors (Lipinski definition) is 0. The highest BCUT2D eigenvalue weighted by Gasteiger charge is 2.24. The number of aryl methyl sites for hydroxylation is 3. The first-order chi connectivity index (χ1) is 16.2. The lowest BCUT2D eigenvalue weighted by Crippen LogP contribution is -2.38. The molecule has 4 rings (SSSR count). The van der Waals surface area contributed by atoms with Gasteiger partial charge in [0, 0.05) is 18.0 Å². The summed E-state index contributed by atoms with van der Waals surface area (Å²) >= 11 is 3.04. The Morgan fingerprint density at radius 2 is 1.74 bits per heavy atom. The molecule has 1 aromatic carbocycles. The van der Waals surface area contributed by atoms with E-state index in [1.807, 2.05) is 36.1 Å². The summed E-state index contributed by atoms with van der Waals surface area (Å²) in [5, 5.41) is 1.37. The number of amides is 1. The van der Waals surface area contributed by atoms with Crippen LogP contribution in [0.3, 0.4) is 0 Å². The molecule has 2 aromatic heterocycles. The molecule has 5 nitrogen and oxygen atoms in total. The zero-order chi connectivity index (χ0) is 24.4. The highest BCUT2D eigenvalue weighted by molar-refractivity contribution is 7.99. The van der Waals surface area contributed by atoms with Crippen LogP contribution in [0.4, 0.5) is 0 Å². The zero-order valence-electron chi connectivity index (χ0n) is 20.9. The SMILES string of the molecule is Cc1ccc(-n2c(SCC(=O)N(CC(C)C)CC(C)C)nc3sc4c(c3c2=O)CCCC4)cc1. The topological polar surface area (TPSA) is 55.2 Å². The Bertz CT molecular complexity index is 1220. The lowest BCUT2D eigenvalue weighted by atomic mass is 9.97. The predicted molar refractivity (Wildman–Crippen MR) is 144 cm³/mol. The van der Waals surface area contributed by atoms with E-state index in [0.717, 1.165) is 53.8 Å². The van der Waals surface area contributed by atoms with Gasteiger partial charge < -0.3 is 4.90 Å². The Hall–Kier alpha value is -2.12. The van der Waals surface area contributed by atoms with Crippen molar-refractivity contribution in [2.75, 3.05) is 18.8 Å². The van der Waals surface area contributed by atoms with Gasteiger partial charge in [0.2, 0.25) is 5.91 Å². The summed E-state index contributed by atoms with van der Waals surface area (Å²) in [6.45, 7) is 12.1. The second-order valence-corrected chi connectivity index (χ2v) is 12.2. The number of nitrogens with zero attached hydrogens (tertiary/aromatic N) is 3. The van der Waals surface area contributed by atoms with Crippen molar-refractivity contribution in [3.05, 3.63) is 50.6 Å². The molecule has 0 saturated heterocycles. The van der Waals surface area contributed by atoms with E-state index in [-0.39, 0.29) is 17.2 Å². The minimum absolute atomic E-state index is 0.00980. The van der Waals surface area contributed by atoms with E-state index in [2.05, 4.69) is 27.7 Å². The lowest BCUT2D eigenvalue weighted by Gasteiger charge is -2.26. The monoisotopic (exact) mass is 497 g/mol. The van der Waals surface area contributed by atoms with Gasteiger partial charge in [-0.15, -0.1) is 11.3 Å². The van der Waals surface area contributed by atoms with E-state index in [9.17, 15) is 9.59 Å². The summed E-state index contributed by atoms with van der Waals surface area (Å²) in [5.41, 5.74) is 3.12. The fourth-order valence-corrected chi connectivity index (χ4v) is 6.80. The molecule has 0 aliphatic heterocycles. The van der Waals surface area contributed by atoms with E-state index < -0.39 is 0 Å². The molecule has 0 spiro atoms. The molecule has 3 aromatic rings. The molecule has 1 aliphatic carbocycles. The minimum Gasteiger partial charge on any atom is -0.341 e. The van der Waals surface area contributed by atoms with Gasteiger partial charge in [0.15, 0.2) is 5.16 Å². The summed E-state index contributed by atoms with van der Waals surface area (Å²) in [4.78, 5) is 36.1. The summed E-state index contributed by atoms with van der Waals surface area (Å²) < 4.78 is 1.72. The molecule has 0 bridgehead atoms. The van der Waals surface area contributed by atoms with Gasteiger partial charge in [-0.25, -0.2) is 4.98 Å². The Labute approximate surface area is 210 Å². The van der Waals surface area contributed by atoms with Crippen LogP contribution in [0.2, 0.25) is 0 Å². The highest BCUT2D eigenvalue weighted by atomic mass is 32.2. The van der Waals surface area contributed by atoms with Gasteiger partial charge in [-0.1, -0.05) is 57.2 Å². The van der Waals surface area contributed by atoms with Crippen molar-refractivity contribution in [3.8, 4) is 5.69 Å². The Balaban J connectivity index is 1.73. The van der Waals surface area contributed by atoms with Gasteiger partial charge >= 0.3 is 0 Å². The number of carbonyl (C=O) groups is 1.